The summed E-state index contributed by atoms with van der Waals surface area (Å²) in [6.45, 7) is 4.51. The van der Waals surface area contributed by atoms with Crippen molar-refractivity contribution < 1.29 is 9.90 Å². The van der Waals surface area contributed by atoms with Crippen LogP contribution in [0, 0.1) is 0 Å². The summed E-state index contributed by atoms with van der Waals surface area (Å²) in [5.74, 6) is -0.234. The predicted molar refractivity (Wildman–Crippen MR) is 65.6 cm³/mol. The number of aromatic nitrogens is 2. The molecule has 4 N–H and O–H groups in total. The molecule has 0 spiro atoms. The highest BCUT2D eigenvalue weighted by molar-refractivity contribution is 5.97. The van der Waals surface area contributed by atoms with E-state index in [1.807, 2.05) is 13.8 Å². The number of rotatable bonds is 6. The van der Waals surface area contributed by atoms with E-state index in [4.69, 9.17) is 10.8 Å². The Hall–Kier alpha value is -1.56. The normalized spacial score (nSPS) is 12.4. The van der Waals surface area contributed by atoms with Gasteiger partial charge in [0.1, 0.15) is 5.69 Å². The second kappa shape index (κ2) is 6.24. The molecule has 0 saturated heterocycles. The van der Waals surface area contributed by atoms with E-state index in [9.17, 15) is 4.79 Å². The molecule has 1 aromatic rings. The van der Waals surface area contributed by atoms with Gasteiger partial charge in [0, 0.05) is 19.2 Å². The first-order chi connectivity index (χ1) is 8.13. The van der Waals surface area contributed by atoms with Gasteiger partial charge in [0.15, 0.2) is 0 Å². The molecule has 1 atom stereocenters. The average Bonchev–Trinajstić information content (AvgIpc) is 2.69. The summed E-state index contributed by atoms with van der Waals surface area (Å²) < 4.78 is 1.57. The Morgan fingerprint density at radius 2 is 2.35 bits per heavy atom. The van der Waals surface area contributed by atoms with Crippen LogP contribution in [0.15, 0.2) is 6.20 Å². The number of nitrogens with one attached hydrogen (secondary N) is 1. The van der Waals surface area contributed by atoms with Gasteiger partial charge in [-0.1, -0.05) is 6.92 Å². The number of aliphatic hydroxyl groups is 1. The number of amides is 1. The molecule has 1 heterocycles. The standard InChI is InChI=1S/C11H20N4O2/c1-3-8(5-6-16)14-11(17)10-9(12)7-13-15(10)4-2/h7-8,16H,3-6,12H2,1-2H3,(H,14,17). The summed E-state index contributed by atoms with van der Waals surface area (Å²) in [6.07, 6.45) is 2.79. The highest BCUT2D eigenvalue weighted by atomic mass is 16.3. The zero-order valence-electron chi connectivity index (χ0n) is 10.3. The summed E-state index contributed by atoms with van der Waals surface area (Å²) in [4.78, 5) is 12.0. The van der Waals surface area contributed by atoms with Crippen LogP contribution >= 0.6 is 0 Å². The van der Waals surface area contributed by atoms with Crippen molar-refractivity contribution in [2.75, 3.05) is 12.3 Å². The van der Waals surface area contributed by atoms with Gasteiger partial charge in [-0.2, -0.15) is 5.10 Å². The summed E-state index contributed by atoms with van der Waals surface area (Å²) in [7, 11) is 0. The van der Waals surface area contributed by atoms with Gasteiger partial charge in [0.2, 0.25) is 0 Å². The minimum atomic E-state index is -0.234. The molecule has 0 aromatic carbocycles. The monoisotopic (exact) mass is 240 g/mol. The number of hydrogen-bond acceptors (Lipinski definition) is 4. The molecule has 17 heavy (non-hydrogen) atoms. The van der Waals surface area contributed by atoms with Gasteiger partial charge in [-0.3, -0.25) is 9.48 Å². The summed E-state index contributed by atoms with van der Waals surface area (Å²) in [6, 6.07) is -0.0351. The first-order valence-electron chi connectivity index (χ1n) is 5.87. The maximum Gasteiger partial charge on any atom is 0.271 e. The molecule has 1 aromatic heterocycles. The Bertz CT molecular complexity index is 376. The largest absolute Gasteiger partial charge is 0.396 e. The van der Waals surface area contributed by atoms with Crippen molar-refractivity contribution in [1.82, 2.24) is 15.1 Å². The number of hydrogen-bond donors (Lipinski definition) is 3. The van der Waals surface area contributed by atoms with Crippen LogP contribution in [-0.2, 0) is 6.54 Å². The smallest absolute Gasteiger partial charge is 0.271 e. The average molecular weight is 240 g/mol. The zero-order valence-corrected chi connectivity index (χ0v) is 10.3. The molecule has 0 aliphatic carbocycles. The van der Waals surface area contributed by atoms with Crippen LogP contribution in [-0.4, -0.2) is 33.4 Å². The highest BCUT2D eigenvalue weighted by Gasteiger charge is 2.18. The molecule has 1 unspecified atom stereocenters. The van der Waals surface area contributed by atoms with E-state index in [2.05, 4.69) is 10.4 Å². The van der Waals surface area contributed by atoms with Crippen molar-refractivity contribution in [2.24, 2.45) is 0 Å². The van der Waals surface area contributed by atoms with E-state index in [0.29, 0.717) is 24.3 Å². The topological polar surface area (TPSA) is 93.2 Å². The maximum absolute atomic E-state index is 12.0. The second-order valence-corrected chi connectivity index (χ2v) is 3.86. The number of anilines is 1. The maximum atomic E-state index is 12.0. The Morgan fingerprint density at radius 1 is 1.65 bits per heavy atom. The van der Waals surface area contributed by atoms with Gasteiger partial charge in [0.25, 0.3) is 5.91 Å². The summed E-state index contributed by atoms with van der Waals surface area (Å²) in [5.41, 5.74) is 6.49. The van der Waals surface area contributed by atoms with E-state index >= 15 is 0 Å². The van der Waals surface area contributed by atoms with Gasteiger partial charge in [-0.25, -0.2) is 0 Å². The Kier molecular flexibility index (Phi) is 4.96. The Morgan fingerprint density at radius 3 is 2.88 bits per heavy atom. The third-order valence-corrected chi connectivity index (χ3v) is 2.69. The fourth-order valence-corrected chi connectivity index (χ4v) is 1.68. The molecule has 0 aliphatic heterocycles. The van der Waals surface area contributed by atoms with E-state index in [0.717, 1.165) is 6.42 Å². The van der Waals surface area contributed by atoms with Crippen LogP contribution in [0.4, 0.5) is 5.69 Å². The molecule has 0 saturated carbocycles. The third kappa shape index (κ3) is 3.20. The Balaban J connectivity index is 2.78. The van der Waals surface area contributed by atoms with E-state index in [-0.39, 0.29) is 18.6 Å². The number of nitrogen functional groups attached to an aromatic ring is 1. The quantitative estimate of drug-likeness (QED) is 0.670. The minimum absolute atomic E-state index is 0.0351. The van der Waals surface area contributed by atoms with Crippen LogP contribution in [0.5, 0.6) is 0 Å². The lowest BCUT2D eigenvalue weighted by molar-refractivity contribution is 0.0919. The lowest BCUT2D eigenvalue weighted by Gasteiger charge is -2.16. The van der Waals surface area contributed by atoms with Crippen LogP contribution < -0.4 is 11.1 Å². The van der Waals surface area contributed by atoms with Crippen molar-refractivity contribution in [3.63, 3.8) is 0 Å². The predicted octanol–water partition coefficient (Wildman–Crippen LogP) is 0.376. The molecular weight excluding hydrogens is 220 g/mol. The number of aryl methyl sites for hydroxylation is 1. The molecule has 0 radical (unpaired) electrons. The molecule has 1 amide bonds. The number of aliphatic hydroxyl groups excluding tert-OH is 1. The van der Waals surface area contributed by atoms with Crippen molar-refractivity contribution in [1.29, 1.82) is 0 Å². The molecular formula is C11H20N4O2. The lowest BCUT2D eigenvalue weighted by atomic mass is 10.1. The molecule has 6 heteroatoms. The number of carbonyl (C=O) groups is 1. The fourth-order valence-electron chi connectivity index (χ4n) is 1.68. The molecule has 96 valence electrons. The van der Waals surface area contributed by atoms with E-state index < -0.39 is 0 Å². The van der Waals surface area contributed by atoms with Gasteiger partial charge in [0.05, 0.1) is 11.9 Å². The molecule has 0 aliphatic rings. The van der Waals surface area contributed by atoms with Crippen molar-refractivity contribution >= 4 is 11.6 Å². The van der Waals surface area contributed by atoms with Gasteiger partial charge in [-0.15, -0.1) is 0 Å². The number of carbonyl (C=O) groups excluding carboxylic acids is 1. The van der Waals surface area contributed by atoms with E-state index in [1.165, 1.54) is 6.20 Å². The molecule has 0 bridgehead atoms. The van der Waals surface area contributed by atoms with Gasteiger partial charge < -0.3 is 16.2 Å². The summed E-state index contributed by atoms with van der Waals surface area (Å²) in [5, 5.41) is 15.7. The molecule has 6 nitrogen and oxygen atoms in total. The first kappa shape index (κ1) is 13.5. The molecule has 0 fully saturated rings. The number of nitrogens with two attached hydrogens (primary N) is 1. The number of nitrogens with zero attached hydrogens (tertiary/aromatic N) is 2. The van der Waals surface area contributed by atoms with Crippen molar-refractivity contribution in [3.05, 3.63) is 11.9 Å². The van der Waals surface area contributed by atoms with Crippen LogP contribution in [0.2, 0.25) is 0 Å². The lowest BCUT2D eigenvalue weighted by Crippen LogP contribution is -2.36. The van der Waals surface area contributed by atoms with Crippen LogP contribution in [0.25, 0.3) is 0 Å². The first-order valence-corrected chi connectivity index (χ1v) is 5.87. The zero-order chi connectivity index (χ0) is 12.8. The third-order valence-electron chi connectivity index (χ3n) is 2.69. The summed E-state index contributed by atoms with van der Waals surface area (Å²) >= 11 is 0. The highest BCUT2D eigenvalue weighted by Crippen LogP contribution is 2.11. The van der Waals surface area contributed by atoms with Crippen molar-refractivity contribution in [3.8, 4) is 0 Å². The van der Waals surface area contributed by atoms with E-state index in [1.54, 1.807) is 4.68 Å². The molecule has 1 rings (SSSR count). The van der Waals surface area contributed by atoms with Gasteiger partial charge >= 0.3 is 0 Å². The fraction of sp³-hybridized carbons (Fsp3) is 0.636. The van der Waals surface area contributed by atoms with Crippen molar-refractivity contribution in [2.45, 2.75) is 39.3 Å². The SMILES string of the molecule is CCC(CCO)NC(=O)c1c(N)cnn1CC. The minimum Gasteiger partial charge on any atom is -0.396 e. The van der Waals surface area contributed by atoms with Crippen LogP contribution in [0.1, 0.15) is 37.2 Å². The second-order valence-electron chi connectivity index (χ2n) is 3.86. The Labute approximate surface area is 101 Å². The van der Waals surface area contributed by atoms with Crippen LogP contribution in [0.3, 0.4) is 0 Å². The van der Waals surface area contributed by atoms with Gasteiger partial charge in [-0.05, 0) is 19.8 Å².